The first-order chi connectivity index (χ1) is 4.33. The molecule has 0 bridgehead atoms. The molecule has 1 aliphatic rings. The number of hydrogen-bond acceptors (Lipinski definition) is 2. The maximum Gasteiger partial charge on any atom is 0.205 e. The second-order valence-corrected chi connectivity index (χ2v) is 2.60. The van der Waals surface area contributed by atoms with Crippen molar-refractivity contribution in [1.82, 2.24) is 9.71 Å². The average molecular weight is 125 g/mol. The van der Waals surface area contributed by atoms with Crippen LogP contribution in [0.5, 0.6) is 0 Å². The zero-order chi connectivity index (χ0) is 6.69. The van der Waals surface area contributed by atoms with Gasteiger partial charge in [0.15, 0.2) is 0 Å². The summed E-state index contributed by atoms with van der Waals surface area (Å²) in [5.41, 5.74) is 0. The number of rotatable bonds is 1. The second kappa shape index (κ2) is 3.23. The van der Waals surface area contributed by atoms with Gasteiger partial charge < -0.3 is 9.71 Å². The molecule has 1 fully saturated rings. The molecule has 0 amide bonds. The van der Waals surface area contributed by atoms with Crippen molar-refractivity contribution in [1.29, 1.82) is 0 Å². The Bertz CT molecular complexity index is 79.1. The summed E-state index contributed by atoms with van der Waals surface area (Å²) in [7, 11) is 4.35. The molecule has 0 saturated carbocycles. The van der Waals surface area contributed by atoms with E-state index in [1.165, 1.54) is 26.2 Å². The zero-order valence-corrected chi connectivity index (χ0v) is 6.30. The third-order valence-electron chi connectivity index (χ3n) is 1.90. The molecule has 0 atom stereocenters. The molecule has 2 nitrogen and oxygen atoms in total. The molecule has 51 valence electrons. The molecule has 1 saturated heterocycles. The van der Waals surface area contributed by atoms with Crippen molar-refractivity contribution in [3.8, 4) is 0 Å². The third kappa shape index (κ3) is 1.99. The lowest BCUT2D eigenvalue weighted by atomic mass is 9.95. The minimum absolute atomic E-state index is 1.20. The SMILES string of the molecule is C[B]N1CCN(C)CC1. The summed E-state index contributed by atoms with van der Waals surface area (Å²) in [6.45, 7) is 6.93. The maximum atomic E-state index is 2.36. The molecule has 0 N–H and O–H groups in total. The average Bonchev–Trinajstić information content (AvgIpc) is 1.90. The number of hydrogen-bond donors (Lipinski definition) is 0. The van der Waals surface area contributed by atoms with Gasteiger partial charge in [0.05, 0.1) is 0 Å². The van der Waals surface area contributed by atoms with Crippen molar-refractivity contribution in [2.24, 2.45) is 0 Å². The van der Waals surface area contributed by atoms with Gasteiger partial charge in [0, 0.05) is 13.1 Å². The zero-order valence-electron chi connectivity index (χ0n) is 6.30. The summed E-state index contributed by atoms with van der Waals surface area (Å²) in [5, 5.41) is 0. The van der Waals surface area contributed by atoms with Crippen molar-refractivity contribution < 1.29 is 0 Å². The van der Waals surface area contributed by atoms with E-state index in [-0.39, 0.29) is 0 Å². The Kier molecular flexibility index (Phi) is 2.55. The topological polar surface area (TPSA) is 6.48 Å². The van der Waals surface area contributed by atoms with Crippen LogP contribution in [0.4, 0.5) is 0 Å². The summed E-state index contributed by atoms with van der Waals surface area (Å²) < 4.78 is 0. The van der Waals surface area contributed by atoms with E-state index in [2.05, 4.69) is 31.0 Å². The van der Waals surface area contributed by atoms with Gasteiger partial charge in [-0.15, -0.1) is 0 Å². The van der Waals surface area contributed by atoms with Crippen LogP contribution >= 0.6 is 0 Å². The molecule has 0 aromatic rings. The molecule has 1 heterocycles. The Morgan fingerprint density at radius 2 is 1.67 bits per heavy atom. The lowest BCUT2D eigenvalue weighted by Crippen LogP contribution is -2.45. The van der Waals surface area contributed by atoms with Gasteiger partial charge in [-0.2, -0.15) is 0 Å². The maximum absolute atomic E-state index is 2.36. The second-order valence-electron chi connectivity index (χ2n) is 2.60. The van der Waals surface area contributed by atoms with Crippen molar-refractivity contribution >= 4 is 7.41 Å². The van der Waals surface area contributed by atoms with E-state index >= 15 is 0 Å². The molecule has 0 unspecified atom stereocenters. The molecule has 0 aromatic carbocycles. The largest absolute Gasteiger partial charge is 0.345 e. The van der Waals surface area contributed by atoms with Crippen LogP contribution in [-0.2, 0) is 0 Å². The highest BCUT2D eigenvalue weighted by molar-refractivity contribution is 6.29. The van der Waals surface area contributed by atoms with Crippen LogP contribution in [-0.4, -0.2) is 50.4 Å². The Morgan fingerprint density at radius 3 is 2.11 bits per heavy atom. The molecule has 1 radical (unpaired) electrons. The summed E-state index contributed by atoms with van der Waals surface area (Å²) in [6, 6.07) is 0. The van der Waals surface area contributed by atoms with Gasteiger partial charge in [0.1, 0.15) is 0 Å². The minimum atomic E-state index is 1.20. The molecule has 9 heavy (non-hydrogen) atoms. The van der Waals surface area contributed by atoms with Crippen molar-refractivity contribution in [3.05, 3.63) is 0 Å². The van der Waals surface area contributed by atoms with Gasteiger partial charge in [0.2, 0.25) is 7.41 Å². The van der Waals surface area contributed by atoms with Gasteiger partial charge in [-0.1, -0.05) is 6.82 Å². The monoisotopic (exact) mass is 125 g/mol. The lowest BCUT2D eigenvalue weighted by molar-refractivity contribution is 0.224. The molecule has 1 rings (SSSR count). The third-order valence-corrected chi connectivity index (χ3v) is 1.90. The lowest BCUT2D eigenvalue weighted by Gasteiger charge is -2.31. The summed E-state index contributed by atoms with van der Waals surface area (Å²) in [6.07, 6.45) is 0. The van der Waals surface area contributed by atoms with Crippen LogP contribution in [0.1, 0.15) is 0 Å². The van der Waals surface area contributed by atoms with E-state index in [1.54, 1.807) is 0 Å². The first-order valence-corrected chi connectivity index (χ1v) is 3.55. The van der Waals surface area contributed by atoms with E-state index in [4.69, 9.17) is 0 Å². The fraction of sp³-hybridized carbons (Fsp3) is 1.00. The van der Waals surface area contributed by atoms with Gasteiger partial charge >= 0.3 is 0 Å². The first kappa shape index (κ1) is 7.10. The van der Waals surface area contributed by atoms with Crippen LogP contribution in [0.3, 0.4) is 0 Å². The molecular weight excluding hydrogens is 111 g/mol. The standard InChI is InChI=1S/C6H14BN2/c1-7-9-5-3-8(2)4-6-9/h3-6H2,1-2H3. The van der Waals surface area contributed by atoms with E-state index in [1.807, 2.05) is 0 Å². The summed E-state index contributed by atoms with van der Waals surface area (Å²) >= 11 is 0. The van der Waals surface area contributed by atoms with E-state index < -0.39 is 0 Å². The van der Waals surface area contributed by atoms with Crippen LogP contribution in [0.25, 0.3) is 0 Å². The van der Waals surface area contributed by atoms with Crippen molar-refractivity contribution in [2.75, 3.05) is 33.2 Å². The van der Waals surface area contributed by atoms with Crippen LogP contribution < -0.4 is 0 Å². The summed E-state index contributed by atoms with van der Waals surface area (Å²) in [5.74, 6) is 0. The normalized spacial score (nSPS) is 24.2. The highest BCUT2D eigenvalue weighted by Gasteiger charge is 2.10. The number of piperazine rings is 1. The molecule has 1 aliphatic heterocycles. The van der Waals surface area contributed by atoms with E-state index in [0.29, 0.717) is 0 Å². The molecule has 0 aromatic heterocycles. The molecule has 3 heteroatoms. The predicted molar refractivity (Wildman–Crippen MR) is 40.7 cm³/mol. The highest BCUT2D eigenvalue weighted by Crippen LogP contribution is 1.95. The Morgan fingerprint density at radius 1 is 1.11 bits per heavy atom. The van der Waals surface area contributed by atoms with Gasteiger partial charge in [0.25, 0.3) is 0 Å². The minimum Gasteiger partial charge on any atom is -0.345 e. The fourth-order valence-electron chi connectivity index (χ4n) is 1.08. The predicted octanol–water partition coefficient (Wildman–Crippen LogP) is -0.0989. The van der Waals surface area contributed by atoms with Gasteiger partial charge in [-0.3, -0.25) is 0 Å². The number of nitrogens with zero attached hydrogens (tertiary/aromatic N) is 2. The Labute approximate surface area is 58.1 Å². The van der Waals surface area contributed by atoms with Crippen LogP contribution in [0.15, 0.2) is 0 Å². The molecule has 0 spiro atoms. The van der Waals surface area contributed by atoms with E-state index in [9.17, 15) is 0 Å². The van der Waals surface area contributed by atoms with Crippen LogP contribution in [0.2, 0.25) is 6.82 Å². The van der Waals surface area contributed by atoms with Crippen molar-refractivity contribution in [3.63, 3.8) is 0 Å². The van der Waals surface area contributed by atoms with Gasteiger partial charge in [-0.25, -0.2) is 0 Å². The number of likely N-dealkylation sites (N-methyl/N-ethyl adjacent to an activating group) is 1. The summed E-state index contributed by atoms with van der Waals surface area (Å²) in [4.78, 5) is 4.72. The first-order valence-electron chi connectivity index (χ1n) is 3.55. The highest BCUT2D eigenvalue weighted by atomic mass is 15.2. The van der Waals surface area contributed by atoms with Crippen molar-refractivity contribution in [2.45, 2.75) is 6.82 Å². The van der Waals surface area contributed by atoms with Crippen LogP contribution in [0, 0.1) is 0 Å². The Hall–Kier alpha value is -0.0151. The Balaban J connectivity index is 2.18. The van der Waals surface area contributed by atoms with E-state index in [0.717, 1.165) is 0 Å². The fourth-order valence-corrected chi connectivity index (χ4v) is 1.08. The van der Waals surface area contributed by atoms with Gasteiger partial charge in [-0.05, 0) is 20.1 Å². The molecular formula is C6H14BN2. The smallest absolute Gasteiger partial charge is 0.205 e. The quantitative estimate of drug-likeness (QED) is 0.451. The molecule has 0 aliphatic carbocycles.